The van der Waals surface area contributed by atoms with E-state index in [1.54, 1.807) is 7.11 Å². The van der Waals surface area contributed by atoms with Crippen molar-refractivity contribution in [1.29, 1.82) is 0 Å². The van der Waals surface area contributed by atoms with Gasteiger partial charge in [0.2, 0.25) is 0 Å². The summed E-state index contributed by atoms with van der Waals surface area (Å²) < 4.78 is 5.06. The van der Waals surface area contributed by atoms with E-state index in [1.807, 2.05) is 31.2 Å². The van der Waals surface area contributed by atoms with E-state index in [9.17, 15) is 0 Å². The van der Waals surface area contributed by atoms with Gasteiger partial charge in [-0.15, -0.1) is 11.8 Å². The van der Waals surface area contributed by atoms with E-state index in [1.165, 1.54) is 0 Å². The fraction of sp³-hybridized carbons (Fsp3) is 0.333. The lowest BCUT2D eigenvalue weighted by atomic mass is 10.3. The summed E-state index contributed by atoms with van der Waals surface area (Å²) in [6.45, 7) is 2.74. The van der Waals surface area contributed by atoms with Crippen LogP contribution < -0.4 is 10.1 Å². The molecule has 0 spiro atoms. The molecule has 0 unspecified atom stereocenters. The van der Waals surface area contributed by atoms with Gasteiger partial charge in [-0.2, -0.15) is 0 Å². The Kier molecular flexibility index (Phi) is 4.43. The molecule has 0 aliphatic carbocycles. The highest BCUT2D eigenvalue weighted by molar-refractivity contribution is 5.46. The van der Waals surface area contributed by atoms with Crippen molar-refractivity contribution in [3.8, 4) is 17.6 Å². The molecule has 14 heavy (non-hydrogen) atoms. The molecule has 1 aromatic carbocycles. The number of hydrogen-bond donors (Lipinski definition) is 1. The molecule has 2 nitrogen and oxygen atoms in total. The molecule has 0 radical (unpaired) electrons. The number of benzene rings is 1. The fourth-order valence-corrected chi connectivity index (χ4v) is 1.10. The van der Waals surface area contributed by atoms with Crippen LogP contribution in [0.15, 0.2) is 24.3 Å². The van der Waals surface area contributed by atoms with Crippen molar-refractivity contribution in [2.24, 2.45) is 0 Å². The van der Waals surface area contributed by atoms with Gasteiger partial charge in [-0.05, 0) is 31.2 Å². The molecule has 0 aliphatic rings. The first kappa shape index (κ1) is 10.5. The predicted octanol–water partition coefficient (Wildman–Crippen LogP) is 2.52. The molecule has 0 bridgehead atoms. The smallest absolute Gasteiger partial charge is 0.119 e. The summed E-state index contributed by atoms with van der Waals surface area (Å²) in [5, 5.41) is 3.27. The number of rotatable bonds is 4. The average Bonchev–Trinajstić information content (AvgIpc) is 2.25. The molecule has 2 heteroatoms. The Hall–Kier alpha value is -1.62. The number of ether oxygens (including phenoxy) is 1. The van der Waals surface area contributed by atoms with Crippen LogP contribution in [0.1, 0.15) is 13.3 Å². The Morgan fingerprint density at radius 3 is 2.57 bits per heavy atom. The summed E-state index contributed by atoms with van der Waals surface area (Å²) in [6.07, 6.45) is 0.878. The largest absolute Gasteiger partial charge is 0.497 e. The van der Waals surface area contributed by atoms with Gasteiger partial charge in [0.15, 0.2) is 0 Å². The Labute approximate surface area is 85.3 Å². The molecular weight excluding hydrogens is 174 g/mol. The normalized spacial score (nSPS) is 8.71. The van der Waals surface area contributed by atoms with Gasteiger partial charge in [0.05, 0.1) is 7.11 Å². The zero-order valence-electron chi connectivity index (χ0n) is 8.63. The molecule has 0 fully saturated rings. The van der Waals surface area contributed by atoms with Crippen molar-refractivity contribution in [3.63, 3.8) is 0 Å². The van der Waals surface area contributed by atoms with Crippen LogP contribution in [-0.2, 0) is 0 Å². The van der Waals surface area contributed by atoms with Crippen LogP contribution in [0.5, 0.6) is 5.75 Å². The minimum Gasteiger partial charge on any atom is -0.497 e. The van der Waals surface area contributed by atoms with Gasteiger partial charge in [0.25, 0.3) is 0 Å². The first-order chi connectivity index (χ1) is 6.86. The number of hydrogen-bond acceptors (Lipinski definition) is 2. The molecule has 0 aromatic heterocycles. The van der Waals surface area contributed by atoms with Crippen LogP contribution in [0.2, 0.25) is 0 Å². The second-order valence-corrected chi connectivity index (χ2v) is 2.83. The van der Waals surface area contributed by atoms with Crippen molar-refractivity contribution in [1.82, 2.24) is 0 Å². The molecule has 0 aliphatic heterocycles. The van der Waals surface area contributed by atoms with Gasteiger partial charge >= 0.3 is 0 Å². The van der Waals surface area contributed by atoms with Crippen LogP contribution in [0, 0.1) is 11.8 Å². The van der Waals surface area contributed by atoms with Crippen molar-refractivity contribution in [2.45, 2.75) is 13.3 Å². The van der Waals surface area contributed by atoms with Crippen LogP contribution >= 0.6 is 0 Å². The summed E-state index contributed by atoms with van der Waals surface area (Å²) >= 11 is 0. The second-order valence-electron chi connectivity index (χ2n) is 2.83. The molecule has 0 heterocycles. The zero-order valence-corrected chi connectivity index (χ0v) is 8.63. The molecule has 0 amide bonds. The standard InChI is InChI=1S/C12H15NO/c1-3-4-5-10-13-11-6-8-12(14-2)9-7-11/h6-9,13H,5,10H2,1-2H3. The Bertz CT molecular complexity index is 318. The van der Waals surface area contributed by atoms with E-state index in [0.717, 1.165) is 24.4 Å². The second kappa shape index (κ2) is 5.93. The molecular formula is C12H15NO. The lowest BCUT2D eigenvalue weighted by Crippen LogP contribution is -1.99. The first-order valence-corrected chi connectivity index (χ1v) is 4.64. The highest BCUT2D eigenvalue weighted by Crippen LogP contribution is 2.14. The maximum Gasteiger partial charge on any atom is 0.119 e. The third-order valence-corrected chi connectivity index (χ3v) is 1.85. The van der Waals surface area contributed by atoms with Gasteiger partial charge < -0.3 is 10.1 Å². The summed E-state index contributed by atoms with van der Waals surface area (Å²) in [5.74, 6) is 6.74. The minimum absolute atomic E-state index is 0.878. The van der Waals surface area contributed by atoms with Crippen molar-refractivity contribution in [3.05, 3.63) is 24.3 Å². The van der Waals surface area contributed by atoms with E-state index in [4.69, 9.17) is 4.74 Å². The topological polar surface area (TPSA) is 21.3 Å². The van der Waals surface area contributed by atoms with Gasteiger partial charge in [0.1, 0.15) is 5.75 Å². The molecule has 0 saturated carbocycles. The highest BCUT2D eigenvalue weighted by Gasteiger charge is 1.91. The maximum atomic E-state index is 5.06. The first-order valence-electron chi connectivity index (χ1n) is 4.64. The lowest BCUT2D eigenvalue weighted by Gasteiger charge is -2.04. The van der Waals surface area contributed by atoms with Crippen LogP contribution in [0.4, 0.5) is 5.69 Å². The van der Waals surface area contributed by atoms with Gasteiger partial charge in [-0.25, -0.2) is 0 Å². The van der Waals surface area contributed by atoms with Gasteiger partial charge in [-0.3, -0.25) is 0 Å². The van der Waals surface area contributed by atoms with Gasteiger partial charge in [0, 0.05) is 18.7 Å². The van der Waals surface area contributed by atoms with E-state index >= 15 is 0 Å². The molecule has 1 aromatic rings. The predicted molar refractivity (Wildman–Crippen MR) is 59.6 cm³/mol. The monoisotopic (exact) mass is 189 g/mol. The van der Waals surface area contributed by atoms with E-state index in [-0.39, 0.29) is 0 Å². The minimum atomic E-state index is 0.878. The molecule has 0 atom stereocenters. The summed E-state index contributed by atoms with van der Waals surface area (Å²) in [7, 11) is 1.67. The number of anilines is 1. The third kappa shape index (κ3) is 3.40. The summed E-state index contributed by atoms with van der Waals surface area (Å²) in [6, 6.07) is 7.87. The SMILES string of the molecule is CC#CCCNc1ccc(OC)cc1. The molecule has 1 N–H and O–H groups in total. The van der Waals surface area contributed by atoms with Gasteiger partial charge in [-0.1, -0.05) is 0 Å². The number of nitrogens with one attached hydrogen (secondary N) is 1. The average molecular weight is 189 g/mol. The van der Waals surface area contributed by atoms with Crippen molar-refractivity contribution < 1.29 is 4.74 Å². The third-order valence-electron chi connectivity index (χ3n) is 1.85. The molecule has 74 valence electrons. The summed E-state index contributed by atoms with van der Waals surface area (Å²) in [4.78, 5) is 0. The van der Waals surface area contributed by atoms with E-state index < -0.39 is 0 Å². The maximum absolute atomic E-state index is 5.06. The van der Waals surface area contributed by atoms with E-state index in [2.05, 4.69) is 17.2 Å². The Balaban J connectivity index is 2.38. The zero-order chi connectivity index (χ0) is 10.2. The molecule has 0 saturated heterocycles. The van der Waals surface area contributed by atoms with Crippen LogP contribution in [-0.4, -0.2) is 13.7 Å². The van der Waals surface area contributed by atoms with E-state index in [0.29, 0.717) is 0 Å². The number of methoxy groups -OCH3 is 1. The Morgan fingerprint density at radius 2 is 2.00 bits per heavy atom. The summed E-state index contributed by atoms with van der Waals surface area (Å²) in [5.41, 5.74) is 1.10. The molecule has 1 rings (SSSR count). The van der Waals surface area contributed by atoms with Crippen LogP contribution in [0.25, 0.3) is 0 Å². The fourth-order valence-electron chi connectivity index (χ4n) is 1.10. The van der Waals surface area contributed by atoms with Crippen LogP contribution in [0.3, 0.4) is 0 Å². The Morgan fingerprint density at radius 1 is 1.29 bits per heavy atom. The lowest BCUT2D eigenvalue weighted by molar-refractivity contribution is 0.415. The highest BCUT2D eigenvalue weighted by atomic mass is 16.5. The van der Waals surface area contributed by atoms with Crippen molar-refractivity contribution >= 4 is 5.69 Å². The quantitative estimate of drug-likeness (QED) is 0.580. The van der Waals surface area contributed by atoms with Crippen molar-refractivity contribution in [2.75, 3.05) is 19.0 Å².